The van der Waals surface area contributed by atoms with E-state index in [2.05, 4.69) is 0 Å². The molecule has 0 radical (unpaired) electrons. The van der Waals surface area contributed by atoms with Gasteiger partial charge < -0.3 is 24.7 Å². The molecule has 2 amide bonds. The first-order valence-electron chi connectivity index (χ1n) is 8.50. The van der Waals surface area contributed by atoms with Crippen molar-refractivity contribution in [3.05, 3.63) is 23.7 Å². The lowest BCUT2D eigenvalue weighted by Gasteiger charge is -2.46. The highest BCUT2D eigenvalue weighted by molar-refractivity contribution is 5.91. The highest BCUT2D eigenvalue weighted by Gasteiger charge is 2.40. The van der Waals surface area contributed by atoms with Crippen molar-refractivity contribution in [1.29, 1.82) is 0 Å². The minimum atomic E-state index is -0.0851. The average molecular weight is 372 g/mol. The number of furan rings is 1. The molecule has 3 heterocycles. The van der Waals surface area contributed by atoms with Crippen molar-refractivity contribution in [3.8, 4) is 0 Å². The van der Waals surface area contributed by atoms with Crippen LogP contribution in [-0.2, 0) is 16.1 Å². The van der Waals surface area contributed by atoms with E-state index in [-0.39, 0.29) is 30.3 Å². The molecule has 0 aromatic carbocycles. The summed E-state index contributed by atoms with van der Waals surface area (Å²) in [5.74, 6) is 1.43. The van der Waals surface area contributed by atoms with Gasteiger partial charge in [0, 0.05) is 45.8 Å². The van der Waals surface area contributed by atoms with E-state index < -0.39 is 0 Å². The second kappa shape index (κ2) is 8.69. The van der Waals surface area contributed by atoms with E-state index in [0.29, 0.717) is 56.6 Å². The van der Waals surface area contributed by atoms with Crippen LogP contribution in [0.3, 0.4) is 0 Å². The summed E-state index contributed by atoms with van der Waals surface area (Å²) in [6.07, 6.45) is 2.18. The van der Waals surface area contributed by atoms with Crippen LogP contribution in [0.1, 0.15) is 35.6 Å². The second-order valence-corrected chi connectivity index (χ2v) is 6.48. The maximum Gasteiger partial charge on any atom is 0.289 e. The maximum atomic E-state index is 12.7. The lowest BCUT2D eigenvalue weighted by molar-refractivity contribution is -0.140. The lowest BCUT2D eigenvalue weighted by Crippen LogP contribution is -2.57. The summed E-state index contributed by atoms with van der Waals surface area (Å²) < 4.78 is 10.6. The maximum absolute atomic E-state index is 12.7. The van der Waals surface area contributed by atoms with Crippen molar-refractivity contribution in [2.45, 2.75) is 31.9 Å². The molecule has 0 aliphatic carbocycles. The molecule has 3 rings (SSSR count). The Morgan fingerprint density at radius 3 is 2.92 bits per heavy atom. The highest BCUT2D eigenvalue weighted by Crippen LogP contribution is 2.31. The highest BCUT2D eigenvalue weighted by atomic mass is 35.5. The molecule has 0 spiro atoms. The lowest BCUT2D eigenvalue weighted by atomic mass is 9.83. The van der Waals surface area contributed by atoms with E-state index >= 15 is 0 Å². The molecule has 0 bridgehead atoms. The van der Waals surface area contributed by atoms with Crippen LogP contribution in [0.2, 0.25) is 0 Å². The number of methoxy groups -OCH3 is 1. The molecule has 8 heteroatoms. The molecule has 2 aliphatic rings. The van der Waals surface area contributed by atoms with Gasteiger partial charge in [-0.3, -0.25) is 9.59 Å². The molecule has 1 aromatic rings. The van der Waals surface area contributed by atoms with Gasteiger partial charge in [-0.1, -0.05) is 0 Å². The molecule has 2 saturated heterocycles. The topological polar surface area (TPSA) is 89.0 Å². The zero-order valence-corrected chi connectivity index (χ0v) is 15.3. The zero-order valence-electron chi connectivity index (χ0n) is 14.5. The number of carbonyl (C=O) groups excluding carboxylic acids is 2. The number of hydrogen-bond acceptors (Lipinski definition) is 5. The molecule has 0 unspecified atom stereocenters. The van der Waals surface area contributed by atoms with Gasteiger partial charge in [0.25, 0.3) is 5.91 Å². The Balaban J connectivity index is 0.00000225. The number of rotatable bonds is 5. The Kier molecular flexibility index (Phi) is 6.87. The minimum absolute atomic E-state index is 0. The van der Waals surface area contributed by atoms with Crippen LogP contribution < -0.4 is 5.73 Å². The number of fused-ring (bicyclic) bond motifs is 1. The third-order valence-electron chi connectivity index (χ3n) is 4.96. The fraction of sp³-hybridized carbons (Fsp3) is 0.647. The first-order valence-corrected chi connectivity index (χ1v) is 8.50. The van der Waals surface area contributed by atoms with Crippen LogP contribution in [0.15, 0.2) is 16.5 Å². The molecule has 25 heavy (non-hydrogen) atoms. The van der Waals surface area contributed by atoms with Crippen molar-refractivity contribution in [2.24, 2.45) is 11.7 Å². The Bertz CT molecular complexity index is 606. The van der Waals surface area contributed by atoms with Gasteiger partial charge >= 0.3 is 0 Å². The summed E-state index contributed by atoms with van der Waals surface area (Å²) in [5.41, 5.74) is 5.64. The third-order valence-corrected chi connectivity index (χ3v) is 4.96. The van der Waals surface area contributed by atoms with Gasteiger partial charge in [-0.15, -0.1) is 12.4 Å². The summed E-state index contributed by atoms with van der Waals surface area (Å²) in [6.45, 7) is 2.74. The van der Waals surface area contributed by atoms with Gasteiger partial charge in [0.2, 0.25) is 5.91 Å². The van der Waals surface area contributed by atoms with Crippen molar-refractivity contribution < 1.29 is 18.7 Å². The number of carbonyl (C=O) groups is 2. The van der Waals surface area contributed by atoms with E-state index in [9.17, 15) is 9.59 Å². The van der Waals surface area contributed by atoms with Crippen molar-refractivity contribution in [2.75, 3.05) is 33.3 Å². The predicted molar refractivity (Wildman–Crippen MR) is 94.5 cm³/mol. The summed E-state index contributed by atoms with van der Waals surface area (Å²) in [4.78, 5) is 28.5. The normalized spacial score (nSPS) is 23.2. The number of ether oxygens (including phenoxy) is 1. The Hall–Kier alpha value is -1.57. The standard InChI is InChI=1S/C17H25N3O4.ClH/c1-23-11-13-3-4-15(24-13)17(22)19-8-6-14-12(10-19)2-5-16(21)20(14)9-7-18;/h3-4,12,14H,2,5-11,18H2,1H3;1H/t12-,14+;/m0./s1. The summed E-state index contributed by atoms with van der Waals surface area (Å²) in [6, 6.07) is 3.68. The van der Waals surface area contributed by atoms with Gasteiger partial charge in [0.15, 0.2) is 5.76 Å². The number of likely N-dealkylation sites (tertiary alicyclic amines) is 2. The van der Waals surface area contributed by atoms with Gasteiger partial charge in [0.05, 0.1) is 0 Å². The summed E-state index contributed by atoms with van der Waals surface area (Å²) in [5, 5.41) is 0. The van der Waals surface area contributed by atoms with Crippen molar-refractivity contribution in [1.82, 2.24) is 9.80 Å². The fourth-order valence-electron chi connectivity index (χ4n) is 3.83. The van der Waals surface area contributed by atoms with E-state index in [0.717, 1.165) is 12.8 Å². The Morgan fingerprint density at radius 1 is 1.40 bits per heavy atom. The number of piperidine rings is 2. The van der Waals surface area contributed by atoms with Crippen LogP contribution in [0.5, 0.6) is 0 Å². The number of halogens is 1. The first-order chi connectivity index (χ1) is 11.6. The Morgan fingerprint density at radius 2 is 2.20 bits per heavy atom. The fourth-order valence-corrected chi connectivity index (χ4v) is 3.83. The summed E-state index contributed by atoms with van der Waals surface area (Å²) in [7, 11) is 1.59. The monoisotopic (exact) mass is 371 g/mol. The quantitative estimate of drug-likeness (QED) is 0.841. The molecule has 1 aromatic heterocycles. The molecule has 2 aliphatic heterocycles. The van der Waals surface area contributed by atoms with Crippen molar-refractivity contribution >= 4 is 24.2 Å². The van der Waals surface area contributed by atoms with Crippen LogP contribution in [0.25, 0.3) is 0 Å². The first kappa shape index (κ1) is 19.8. The number of nitrogens with two attached hydrogens (primary N) is 1. The van der Waals surface area contributed by atoms with E-state index in [1.165, 1.54) is 0 Å². The van der Waals surface area contributed by atoms with E-state index in [1.54, 1.807) is 19.2 Å². The molecule has 140 valence electrons. The SMILES string of the molecule is COCc1ccc(C(=O)N2CC[C@@H]3[C@@H](CCC(=O)N3CCN)C2)o1.Cl. The molecule has 2 atom stereocenters. The molecule has 7 nitrogen and oxygen atoms in total. The average Bonchev–Trinajstić information content (AvgIpc) is 3.05. The minimum Gasteiger partial charge on any atom is -0.453 e. The van der Waals surface area contributed by atoms with Crippen LogP contribution >= 0.6 is 12.4 Å². The van der Waals surface area contributed by atoms with E-state index in [4.69, 9.17) is 14.9 Å². The van der Waals surface area contributed by atoms with Crippen LogP contribution in [0.4, 0.5) is 0 Å². The largest absolute Gasteiger partial charge is 0.453 e. The molecular formula is C17H26ClN3O4. The second-order valence-electron chi connectivity index (χ2n) is 6.48. The molecule has 2 fully saturated rings. The third kappa shape index (κ3) is 4.16. The summed E-state index contributed by atoms with van der Waals surface area (Å²) >= 11 is 0. The van der Waals surface area contributed by atoms with Crippen LogP contribution in [0, 0.1) is 5.92 Å². The van der Waals surface area contributed by atoms with Gasteiger partial charge in [-0.2, -0.15) is 0 Å². The smallest absolute Gasteiger partial charge is 0.289 e. The molecule has 0 saturated carbocycles. The van der Waals surface area contributed by atoms with Crippen molar-refractivity contribution in [3.63, 3.8) is 0 Å². The predicted octanol–water partition coefficient (Wildman–Crippen LogP) is 1.26. The number of hydrogen-bond donors (Lipinski definition) is 1. The zero-order chi connectivity index (χ0) is 17.1. The van der Waals surface area contributed by atoms with Gasteiger partial charge in [-0.25, -0.2) is 0 Å². The van der Waals surface area contributed by atoms with Gasteiger partial charge in [0.1, 0.15) is 12.4 Å². The molecule has 2 N–H and O–H groups in total. The van der Waals surface area contributed by atoms with Crippen LogP contribution in [-0.4, -0.2) is 60.9 Å². The number of amides is 2. The Labute approximate surface area is 153 Å². The number of nitrogens with zero attached hydrogens (tertiary/aromatic N) is 2. The molecular weight excluding hydrogens is 346 g/mol. The van der Waals surface area contributed by atoms with Gasteiger partial charge in [-0.05, 0) is 30.9 Å². The van der Waals surface area contributed by atoms with E-state index in [1.807, 2.05) is 9.80 Å².